The van der Waals surface area contributed by atoms with Crippen molar-refractivity contribution >= 4 is 15.7 Å². The van der Waals surface area contributed by atoms with Gasteiger partial charge in [-0.05, 0) is 53.9 Å². The largest absolute Gasteiger partial charge is 0.394 e. The lowest BCUT2D eigenvalue weighted by Crippen LogP contribution is -2.18. The fraction of sp³-hybridized carbons (Fsp3) is 0.143. The topological polar surface area (TPSA) is 92.4 Å². The van der Waals surface area contributed by atoms with Gasteiger partial charge in [0.25, 0.3) is 10.0 Å². The Morgan fingerprint density at radius 3 is 2.38 bits per heavy atom. The zero-order chi connectivity index (χ0) is 21.2. The van der Waals surface area contributed by atoms with Gasteiger partial charge in [0.1, 0.15) is 11.6 Å². The third-order valence-corrected chi connectivity index (χ3v) is 6.00. The van der Waals surface area contributed by atoms with Gasteiger partial charge in [-0.1, -0.05) is 24.3 Å². The Labute approximate surface area is 167 Å². The lowest BCUT2D eigenvalue weighted by molar-refractivity contribution is 0.267. The first-order valence-electron chi connectivity index (χ1n) is 8.77. The molecule has 29 heavy (non-hydrogen) atoms. The van der Waals surface area contributed by atoms with Crippen LogP contribution in [0.5, 0.6) is 0 Å². The van der Waals surface area contributed by atoms with Crippen LogP contribution in [0.1, 0.15) is 17.2 Å². The summed E-state index contributed by atoms with van der Waals surface area (Å²) < 4.78 is 55.0. The molecule has 3 rings (SSSR count). The molecule has 0 saturated carbocycles. The smallest absolute Gasteiger partial charge is 0.261 e. The second kappa shape index (κ2) is 8.28. The van der Waals surface area contributed by atoms with Crippen LogP contribution in [0.4, 0.5) is 14.5 Å². The zero-order valence-corrected chi connectivity index (χ0v) is 16.4. The molecule has 0 aromatic heterocycles. The Hall–Kier alpha value is -2.81. The third-order valence-electron chi connectivity index (χ3n) is 4.62. The Balaban J connectivity index is 1.89. The Morgan fingerprint density at radius 1 is 1.07 bits per heavy atom. The van der Waals surface area contributed by atoms with Crippen LogP contribution in [0.3, 0.4) is 0 Å². The second-order valence-electron chi connectivity index (χ2n) is 6.56. The molecule has 0 radical (unpaired) electrons. The molecule has 152 valence electrons. The number of aliphatic hydroxyl groups excluding tert-OH is 1. The van der Waals surface area contributed by atoms with E-state index in [0.29, 0.717) is 22.4 Å². The number of nitrogens with two attached hydrogens (primary N) is 1. The summed E-state index contributed by atoms with van der Waals surface area (Å²) in [6.45, 7) is 1.45. The first kappa shape index (κ1) is 20.9. The summed E-state index contributed by atoms with van der Waals surface area (Å²) in [7, 11) is -3.91. The maximum atomic E-state index is 13.9. The lowest BCUT2D eigenvalue weighted by atomic mass is 10.0. The summed E-state index contributed by atoms with van der Waals surface area (Å²) in [4.78, 5) is -0.0139. The van der Waals surface area contributed by atoms with Crippen molar-refractivity contribution in [3.63, 3.8) is 0 Å². The number of anilines is 1. The standard InChI is InChI=1S/C21H20F2N2O3S/c1-13-17(20(24)12-26)3-2-4-21(13)25-29(27,28)16-8-5-14(6-9-16)18-10-7-15(22)11-19(18)23/h2-11,20,25-26H,12,24H2,1H3/t20-/m1/s1. The molecule has 0 aliphatic carbocycles. The van der Waals surface area contributed by atoms with Gasteiger partial charge in [-0.15, -0.1) is 0 Å². The van der Waals surface area contributed by atoms with E-state index in [-0.39, 0.29) is 17.1 Å². The number of hydrogen-bond acceptors (Lipinski definition) is 4. The van der Waals surface area contributed by atoms with Crippen LogP contribution in [0.15, 0.2) is 65.6 Å². The van der Waals surface area contributed by atoms with Gasteiger partial charge in [-0.2, -0.15) is 0 Å². The number of nitrogens with one attached hydrogen (secondary N) is 1. The van der Waals surface area contributed by atoms with E-state index < -0.39 is 27.7 Å². The van der Waals surface area contributed by atoms with Gasteiger partial charge in [-0.25, -0.2) is 17.2 Å². The number of rotatable bonds is 6. The van der Waals surface area contributed by atoms with E-state index >= 15 is 0 Å². The Morgan fingerprint density at radius 2 is 1.76 bits per heavy atom. The summed E-state index contributed by atoms with van der Waals surface area (Å²) in [6, 6.07) is 13.2. The second-order valence-corrected chi connectivity index (χ2v) is 8.25. The van der Waals surface area contributed by atoms with Crippen LogP contribution < -0.4 is 10.5 Å². The first-order chi connectivity index (χ1) is 13.7. The Bertz CT molecular complexity index is 1130. The van der Waals surface area contributed by atoms with Crippen molar-refractivity contribution in [3.8, 4) is 11.1 Å². The van der Waals surface area contributed by atoms with Gasteiger partial charge in [0, 0.05) is 11.6 Å². The minimum Gasteiger partial charge on any atom is -0.394 e. The van der Waals surface area contributed by atoms with Crippen molar-refractivity contribution in [1.29, 1.82) is 0 Å². The predicted octanol–water partition coefficient (Wildman–Crippen LogP) is 3.73. The fourth-order valence-corrected chi connectivity index (χ4v) is 4.13. The number of halogens is 2. The summed E-state index contributed by atoms with van der Waals surface area (Å²) >= 11 is 0. The van der Waals surface area contributed by atoms with Crippen molar-refractivity contribution in [2.45, 2.75) is 17.9 Å². The average molecular weight is 418 g/mol. The molecule has 3 aromatic carbocycles. The summed E-state index contributed by atoms with van der Waals surface area (Å²) in [5.41, 5.74) is 8.04. The molecule has 0 spiro atoms. The molecule has 0 heterocycles. The number of hydrogen-bond donors (Lipinski definition) is 3. The monoisotopic (exact) mass is 418 g/mol. The quantitative estimate of drug-likeness (QED) is 0.569. The van der Waals surface area contributed by atoms with Gasteiger partial charge in [0.2, 0.25) is 0 Å². The highest BCUT2D eigenvalue weighted by Gasteiger charge is 2.18. The maximum absolute atomic E-state index is 13.9. The van der Waals surface area contributed by atoms with Gasteiger partial charge >= 0.3 is 0 Å². The molecule has 0 amide bonds. The first-order valence-corrected chi connectivity index (χ1v) is 10.3. The van der Waals surface area contributed by atoms with Crippen molar-refractivity contribution < 1.29 is 22.3 Å². The van der Waals surface area contributed by atoms with E-state index in [9.17, 15) is 22.3 Å². The molecule has 5 nitrogen and oxygen atoms in total. The molecule has 1 atom stereocenters. The van der Waals surface area contributed by atoms with Crippen molar-refractivity contribution in [2.75, 3.05) is 11.3 Å². The minimum absolute atomic E-state index is 0.0139. The van der Waals surface area contributed by atoms with E-state index in [1.807, 2.05) is 0 Å². The Kier molecular flexibility index (Phi) is 5.97. The molecule has 0 fully saturated rings. The number of aliphatic hydroxyl groups is 1. The van der Waals surface area contributed by atoms with E-state index in [0.717, 1.165) is 12.1 Å². The molecular weight excluding hydrogens is 398 g/mol. The molecule has 8 heteroatoms. The zero-order valence-electron chi connectivity index (χ0n) is 15.6. The molecular formula is C21H20F2N2O3S. The van der Waals surface area contributed by atoms with Crippen molar-refractivity contribution in [1.82, 2.24) is 0 Å². The van der Waals surface area contributed by atoms with Crippen LogP contribution in [0.25, 0.3) is 11.1 Å². The number of sulfonamides is 1. The molecule has 4 N–H and O–H groups in total. The van der Waals surface area contributed by atoms with Crippen LogP contribution in [0, 0.1) is 18.6 Å². The normalized spacial score (nSPS) is 12.6. The van der Waals surface area contributed by atoms with Crippen LogP contribution in [-0.2, 0) is 10.0 Å². The highest BCUT2D eigenvalue weighted by molar-refractivity contribution is 7.92. The van der Waals surface area contributed by atoms with Gasteiger partial charge in [0.15, 0.2) is 0 Å². The highest BCUT2D eigenvalue weighted by Crippen LogP contribution is 2.28. The SMILES string of the molecule is Cc1c(NS(=O)(=O)c2ccc(-c3ccc(F)cc3F)cc2)cccc1[C@H](N)CO. The van der Waals surface area contributed by atoms with Crippen LogP contribution in [0.2, 0.25) is 0 Å². The maximum Gasteiger partial charge on any atom is 0.261 e. The van der Waals surface area contributed by atoms with Crippen LogP contribution in [-0.4, -0.2) is 20.1 Å². The summed E-state index contributed by atoms with van der Waals surface area (Å²) in [5.74, 6) is -1.42. The van der Waals surface area contributed by atoms with E-state index in [4.69, 9.17) is 5.73 Å². The van der Waals surface area contributed by atoms with Gasteiger partial charge in [-0.3, -0.25) is 4.72 Å². The third kappa shape index (κ3) is 4.45. The summed E-state index contributed by atoms with van der Waals surface area (Å²) in [5, 5.41) is 9.26. The number of benzene rings is 3. The molecule has 0 aliphatic rings. The van der Waals surface area contributed by atoms with Gasteiger partial charge < -0.3 is 10.8 Å². The molecule has 0 unspecified atom stereocenters. The van der Waals surface area contributed by atoms with Crippen molar-refractivity contribution in [2.24, 2.45) is 5.73 Å². The minimum atomic E-state index is -3.91. The van der Waals surface area contributed by atoms with Crippen molar-refractivity contribution in [3.05, 3.63) is 83.4 Å². The van der Waals surface area contributed by atoms with Crippen LogP contribution >= 0.6 is 0 Å². The van der Waals surface area contributed by atoms with E-state index in [2.05, 4.69) is 4.72 Å². The average Bonchev–Trinajstić information content (AvgIpc) is 2.69. The molecule has 0 saturated heterocycles. The van der Waals surface area contributed by atoms with Gasteiger partial charge in [0.05, 0.1) is 23.2 Å². The lowest BCUT2D eigenvalue weighted by Gasteiger charge is -2.17. The highest BCUT2D eigenvalue weighted by atomic mass is 32.2. The van der Waals surface area contributed by atoms with E-state index in [1.54, 1.807) is 25.1 Å². The molecule has 0 bridgehead atoms. The van der Waals surface area contributed by atoms with E-state index in [1.165, 1.54) is 30.3 Å². The molecule has 3 aromatic rings. The predicted molar refractivity (Wildman–Crippen MR) is 108 cm³/mol. The molecule has 0 aliphatic heterocycles. The fourth-order valence-electron chi connectivity index (χ4n) is 3.01. The summed E-state index contributed by atoms with van der Waals surface area (Å²) in [6.07, 6.45) is 0.